The number of nitrogens with one attached hydrogen (secondary N) is 1. The van der Waals surface area contributed by atoms with Crippen LogP contribution in [0.15, 0.2) is 24.3 Å². The Hall–Kier alpha value is -0.820. The van der Waals surface area contributed by atoms with Gasteiger partial charge in [0.1, 0.15) is 0 Å². The van der Waals surface area contributed by atoms with Gasteiger partial charge in [0, 0.05) is 12.6 Å². The Morgan fingerprint density at radius 3 is 2.85 bits per heavy atom. The molecule has 1 nitrogen and oxygen atoms in total. The van der Waals surface area contributed by atoms with Crippen molar-refractivity contribution in [3.63, 3.8) is 0 Å². The number of hydrogen-bond donors (Lipinski definition) is 1. The molecule has 1 heterocycles. The number of rotatable bonds is 0. The summed E-state index contributed by atoms with van der Waals surface area (Å²) in [6.07, 6.45) is 1.17. The van der Waals surface area contributed by atoms with Gasteiger partial charge in [0.2, 0.25) is 0 Å². The van der Waals surface area contributed by atoms with Crippen LogP contribution in [0.5, 0.6) is 0 Å². The fourth-order valence-electron chi connectivity index (χ4n) is 2.09. The molecule has 1 aliphatic rings. The molecular formula is C12H17N. The number of fused-ring (bicyclic) bond motifs is 1. The van der Waals surface area contributed by atoms with Crippen LogP contribution in [0.4, 0.5) is 0 Å². The van der Waals surface area contributed by atoms with Gasteiger partial charge in [0.05, 0.1) is 0 Å². The smallest absolute Gasteiger partial charge is 0.00794 e. The van der Waals surface area contributed by atoms with Crippen LogP contribution in [-0.2, 0) is 6.42 Å². The molecule has 1 heteroatoms. The fraction of sp³-hybridized carbons (Fsp3) is 0.500. The Bertz CT molecular complexity index is 293. The van der Waals surface area contributed by atoms with E-state index in [0.717, 1.165) is 6.54 Å². The van der Waals surface area contributed by atoms with E-state index in [2.05, 4.69) is 43.4 Å². The molecule has 1 aromatic carbocycles. The van der Waals surface area contributed by atoms with Gasteiger partial charge >= 0.3 is 0 Å². The third kappa shape index (κ3) is 1.75. The third-order valence-electron chi connectivity index (χ3n) is 2.88. The molecule has 0 bridgehead atoms. The zero-order valence-corrected chi connectivity index (χ0v) is 8.38. The maximum atomic E-state index is 3.54. The summed E-state index contributed by atoms with van der Waals surface area (Å²) in [6.45, 7) is 5.66. The van der Waals surface area contributed by atoms with E-state index >= 15 is 0 Å². The quantitative estimate of drug-likeness (QED) is 0.638. The minimum Gasteiger partial charge on any atom is -0.313 e. The molecule has 13 heavy (non-hydrogen) atoms. The monoisotopic (exact) mass is 175 g/mol. The molecule has 0 fully saturated rings. The lowest BCUT2D eigenvalue weighted by Gasteiger charge is -2.11. The van der Waals surface area contributed by atoms with Gasteiger partial charge in [-0.1, -0.05) is 31.2 Å². The molecule has 0 saturated heterocycles. The molecule has 0 saturated carbocycles. The van der Waals surface area contributed by atoms with E-state index in [4.69, 9.17) is 0 Å². The van der Waals surface area contributed by atoms with Gasteiger partial charge in [0.25, 0.3) is 0 Å². The lowest BCUT2D eigenvalue weighted by molar-refractivity contribution is 0.541. The van der Waals surface area contributed by atoms with E-state index in [1.165, 1.54) is 17.5 Å². The van der Waals surface area contributed by atoms with Gasteiger partial charge in [0.15, 0.2) is 0 Å². The molecular weight excluding hydrogens is 158 g/mol. The number of hydrogen-bond acceptors (Lipinski definition) is 1. The van der Waals surface area contributed by atoms with Gasteiger partial charge in [-0.3, -0.25) is 0 Å². The summed E-state index contributed by atoms with van der Waals surface area (Å²) in [4.78, 5) is 0. The number of benzene rings is 1. The zero-order valence-electron chi connectivity index (χ0n) is 8.38. The van der Waals surface area contributed by atoms with E-state index < -0.39 is 0 Å². The summed E-state index contributed by atoms with van der Waals surface area (Å²) in [5, 5.41) is 3.54. The lowest BCUT2D eigenvalue weighted by atomic mass is 9.95. The molecule has 0 amide bonds. The third-order valence-corrected chi connectivity index (χ3v) is 2.88. The van der Waals surface area contributed by atoms with Gasteiger partial charge in [-0.05, 0) is 30.4 Å². The van der Waals surface area contributed by atoms with Crippen molar-refractivity contribution in [2.45, 2.75) is 32.2 Å². The van der Waals surface area contributed by atoms with Crippen LogP contribution in [-0.4, -0.2) is 12.6 Å². The molecule has 0 unspecified atom stereocenters. The topological polar surface area (TPSA) is 12.0 Å². The molecule has 0 radical (unpaired) electrons. The standard InChI is InChI=1S/C12H17N/c1-9-8-13-10(2)7-11-5-3-4-6-12(9)11/h3-6,9-10,13H,7-8H2,1-2H3/t9-,10+/m1/s1. The molecule has 0 spiro atoms. The van der Waals surface area contributed by atoms with Crippen LogP contribution < -0.4 is 5.32 Å². The van der Waals surface area contributed by atoms with Crippen molar-refractivity contribution in [3.05, 3.63) is 35.4 Å². The van der Waals surface area contributed by atoms with Gasteiger partial charge in [-0.15, -0.1) is 0 Å². The van der Waals surface area contributed by atoms with E-state index in [-0.39, 0.29) is 0 Å². The van der Waals surface area contributed by atoms with Crippen LogP contribution in [0.25, 0.3) is 0 Å². The van der Waals surface area contributed by atoms with Gasteiger partial charge < -0.3 is 5.32 Å². The molecule has 2 atom stereocenters. The Morgan fingerprint density at radius 1 is 1.23 bits per heavy atom. The highest BCUT2D eigenvalue weighted by Gasteiger charge is 2.16. The van der Waals surface area contributed by atoms with Crippen molar-refractivity contribution in [2.24, 2.45) is 0 Å². The minimum atomic E-state index is 0.617. The van der Waals surface area contributed by atoms with Crippen LogP contribution in [0.3, 0.4) is 0 Å². The second kappa shape index (κ2) is 3.51. The predicted molar refractivity (Wildman–Crippen MR) is 56.0 cm³/mol. The van der Waals surface area contributed by atoms with Crippen LogP contribution in [0.2, 0.25) is 0 Å². The Balaban J connectivity index is 2.38. The molecule has 70 valence electrons. The molecule has 0 aliphatic carbocycles. The maximum absolute atomic E-state index is 3.54. The Morgan fingerprint density at radius 2 is 2.00 bits per heavy atom. The molecule has 1 aliphatic heterocycles. The van der Waals surface area contributed by atoms with Gasteiger partial charge in [-0.25, -0.2) is 0 Å². The SMILES string of the molecule is C[C@@H]1CN[C@@H](C)Cc2ccccc21. The predicted octanol–water partition coefficient (Wildman–Crippen LogP) is 2.32. The van der Waals surface area contributed by atoms with Crippen LogP contribution >= 0.6 is 0 Å². The Labute approximate surface area is 80.2 Å². The van der Waals surface area contributed by atoms with Crippen LogP contribution in [0.1, 0.15) is 30.9 Å². The summed E-state index contributed by atoms with van der Waals surface area (Å²) < 4.78 is 0. The van der Waals surface area contributed by atoms with Crippen molar-refractivity contribution >= 4 is 0 Å². The van der Waals surface area contributed by atoms with Gasteiger partial charge in [-0.2, -0.15) is 0 Å². The largest absolute Gasteiger partial charge is 0.313 e. The first kappa shape index (κ1) is 8.76. The first-order valence-electron chi connectivity index (χ1n) is 5.08. The van der Waals surface area contributed by atoms with Crippen molar-refractivity contribution < 1.29 is 0 Å². The van der Waals surface area contributed by atoms with Crippen LogP contribution in [0, 0.1) is 0 Å². The molecule has 0 aromatic heterocycles. The maximum Gasteiger partial charge on any atom is 0.00794 e. The summed E-state index contributed by atoms with van der Waals surface area (Å²) in [5.41, 5.74) is 3.05. The Kier molecular flexibility index (Phi) is 2.36. The zero-order chi connectivity index (χ0) is 9.26. The normalized spacial score (nSPS) is 27.8. The van der Waals surface area contributed by atoms with Crippen molar-refractivity contribution in [2.75, 3.05) is 6.54 Å². The van der Waals surface area contributed by atoms with E-state index in [1.54, 1.807) is 0 Å². The summed E-state index contributed by atoms with van der Waals surface area (Å²) in [7, 11) is 0. The van der Waals surface area contributed by atoms with Crippen molar-refractivity contribution in [1.29, 1.82) is 0 Å². The average Bonchev–Trinajstić information content (AvgIpc) is 2.27. The first-order chi connectivity index (χ1) is 6.27. The molecule has 1 aromatic rings. The molecule has 1 N–H and O–H groups in total. The average molecular weight is 175 g/mol. The van der Waals surface area contributed by atoms with E-state index in [0.29, 0.717) is 12.0 Å². The highest BCUT2D eigenvalue weighted by atomic mass is 14.9. The van der Waals surface area contributed by atoms with Crippen molar-refractivity contribution in [3.8, 4) is 0 Å². The second-order valence-electron chi connectivity index (χ2n) is 4.11. The lowest BCUT2D eigenvalue weighted by Crippen LogP contribution is -2.28. The van der Waals surface area contributed by atoms with Crippen molar-refractivity contribution in [1.82, 2.24) is 5.32 Å². The highest BCUT2D eigenvalue weighted by molar-refractivity contribution is 5.32. The highest BCUT2D eigenvalue weighted by Crippen LogP contribution is 2.23. The second-order valence-corrected chi connectivity index (χ2v) is 4.11. The first-order valence-corrected chi connectivity index (χ1v) is 5.08. The molecule has 2 rings (SSSR count). The van der Waals surface area contributed by atoms with E-state index in [1.807, 2.05) is 0 Å². The summed E-state index contributed by atoms with van der Waals surface area (Å²) in [6, 6.07) is 9.43. The fourth-order valence-corrected chi connectivity index (χ4v) is 2.09. The summed E-state index contributed by atoms with van der Waals surface area (Å²) >= 11 is 0. The van der Waals surface area contributed by atoms with E-state index in [9.17, 15) is 0 Å². The summed E-state index contributed by atoms with van der Waals surface area (Å²) in [5.74, 6) is 0.654. The minimum absolute atomic E-state index is 0.617.